The van der Waals surface area contributed by atoms with E-state index in [4.69, 9.17) is 9.47 Å². The van der Waals surface area contributed by atoms with Gasteiger partial charge in [-0.05, 0) is 30.4 Å². The van der Waals surface area contributed by atoms with E-state index in [2.05, 4.69) is 13.8 Å². The van der Waals surface area contributed by atoms with Crippen LogP contribution in [0.1, 0.15) is 20.3 Å². The van der Waals surface area contributed by atoms with Crippen molar-refractivity contribution >= 4 is 17.6 Å². The topological polar surface area (TPSA) is 62.3 Å². The SMILES string of the molecule is CC1CC(C)CN(C(=O)CN2CCN(c3ccc4c(c3)OCCO4)C2=O)C1. The number of amides is 3. The number of piperidine rings is 1. The Kier molecular flexibility index (Phi) is 4.85. The van der Waals surface area contributed by atoms with Crippen molar-refractivity contribution in [2.24, 2.45) is 11.8 Å². The van der Waals surface area contributed by atoms with Crippen molar-refractivity contribution in [2.45, 2.75) is 20.3 Å². The lowest BCUT2D eigenvalue weighted by Gasteiger charge is -2.35. The molecule has 4 rings (SSSR count). The number of likely N-dealkylation sites (tertiary alicyclic amines) is 1. The Morgan fingerprint density at radius 3 is 2.52 bits per heavy atom. The minimum absolute atomic E-state index is 0.0470. The maximum absolute atomic E-state index is 12.8. The number of rotatable bonds is 3. The molecule has 1 aromatic carbocycles. The molecule has 1 aromatic rings. The molecule has 27 heavy (non-hydrogen) atoms. The number of urea groups is 1. The standard InChI is InChI=1S/C20H27N3O4/c1-14-9-15(2)12-22(11-14)19(24)13-21-5-6-23(20(21)25)16-3-4-17-18(10-16)27-8-7-26-17/h3-4,10,14-15H,5-9,11-13H2,1-2H3. The van der Waals surface area contributed by atoms with Crippen molar-refractivity contribution in [1.29, 1.82) is 0 Å². The summed E-state index contributed by atoms with van der Waals surface area (Å²) >= 11 is 0. The van der Waals surface area contributed by atoms with Crippen LogP contribution < -0.4 is 14.4 Å². The van der Waals surface area contributed by atoms with Crippen LogP contribution in [0.15, 0.2) is 18.2 Å². The number of carbonyl (C=O) groups is 2. The Morgan fingerprint density at radius 2 is 1.78 bits per heavy atom. The third-order valence-corrected chi connectivity index (χ3v) is 5.48. The number of hydrogen-bond donors (Lipinski definition) is 0. The van der Waals surface area contributed by atoms with Crippen LogP contribution in [0.25, 0.3) is 0 Å². The predicted octanol–water partition coefficient (Wildman–Crippen LogP) is 2.20. The number of hydrogen-bond acceptors (Lipinski definition) is 4. The largest absolute Gasteiger partial charge is 0.486 e. The van der Waals surface area contributed by atoms with Crippen LogP contribution in [0.2, 0.25) is 0 Å². The van der Waals surface area contributed by atoms with Crippen LogP contribution in [0.4, 0.5) is 10.5 Å². The number of fused-ring (bicyclic) bond motifs is 1. The summed E-state index contributed by atoms with van der Waals surface area (Å²) in [4.78, 5) is 30.8. The van der Waals surface area contributed by atoms with Gasteiger partial charge in [0.15, 0.2) is 11.5 Å². The third-order valence-electron chi connectivity index (χ3n) is 5.48. The van der Waals surface area contributed by atoms with E-state index in [-0.39, 0.29) is 18.5 Å². The van der Waals surface area contributed by atoms with Gasteiger partial charge in [0, 0.05) is 37.9 Å². The summed E-state index contributed by atoms with van der Waals surface area (Å²) in [6.07, 6.45) is 1.16. The Labute approximate surface area is 159 Å². The lowest BCUT2D eigenvalue weighted by Crippen LogP contribution is -2.47. The highest BCUT2D eigenvalue weighted by Crippen LogP contribution is 2.35. The molecule has 3 heterocycles. The van der Waals surface area contributed by atoms with Crippen molar-refractivity contribution < 1.29 is 19.1 Å². The summed E-state index contributed by atoms with van der Waals surface area (Å²) in [5.41, 5.74) is 0.777. The highest BCUT2D eigenvalue weighted by molar-refractivity contribution is 5.96. The molecule has 3 amide bonds. The summed E-state index contributed by atoms with van der Waals surface area (Å²) in [6.45, 7) is 8.27. The minimum atomic E-state index is -0.127. The van der Waals surface area contributed by atoms with Gasteiger partial charge in [-0.15, -0.1) is 0 Å². The van der Waals surface area contributed by atoms with Crippen LogP contribution >= 0.6 is 0 Å². The molecule has 2 saturated heterocycles. The number of benzene rings is 1. The van der Waals surface area contributed by atoms with Crippen LogP contribution in [0.3, 0.4) is 0 Å². The van der Waals surface area contributed by atoms with Gasteiger partial charge < -0.3 is 19.3 Å². The molecule has 2 fully saturated rings. The van der Waals surface area contributed by atoms with E-state index in [0.717, 1.165) is 25.2 Å². The smallest absolute Gasteiger partial charge is 0.325 e. The van der Waals surface area contributed by atoms with E-state index >= 15 is 0 Å². The molecule has 0 bridgehead atoms. The lowest BCUT2D eigenvalue weighted by atomic mass is 9.92. The van der Waals surface area contributed by atoms with Gasteiger partial charge in [0.05, 0.1) is 0 Å². The first-order valence-electron chi connectivity index (χ1n) is 9.75. The van der Waals surface area contributed by atoms with Crippen LogP contribution in [0.5, 0.6) is 11.5 Å². The first-order valence-corrected chi connectivity index (χ1v) is 9.75. The maximum Gasteiger partial charge on any atom is 0.325 e. The monoisotopic (exact) mass is 373 g/mol. The molecule has 0 spiro atoms. The first kappa shape index (κ1) is 17.9. The van der Waals surface area contributed by atoms with E-state index in [1.54, 1.807) is 9.80 Å². The second-order valence-electron chi connectivity index (χ2n) is 7.93. The quantitative estimate of drug-likeness (QED) is 0.815. The number of nitrogens with zero attached hydrogens (tertiary/aromatic N) is 3. The van der Waals surface area contributed by atoms with Crippen molar-refractivity contribution in [2.75, 3.05) is 50.8 Å². The number of carbonyl (C=O) groups excluding carboxylic acids is 2. The molecule has 0 aromatic heterocycles. The number of ether oxygens (including phenoxy) is 2. The van der Waals surface area contributed by atoms with Crippen molar-refractivity contribution in [1.82, 2.24) is 9.80 Å². The lowest BCUT2D eigenvalue weighted by molar-refractivity contribution is -0.134. The molecular weight excluding hydrogens is 346 g/mol. The summed E-state index contributed by atoms with van der Waals surface area (Å²) in [6, 6.07) is 5.41. The molecule has 3 aliphatic heterocycles. The summed E-state index contributed by atoms with van der Waals surface area (Å²) in [5, 5.41) is 0. The van der Waals surface area contributed by atoms with Gasteiger partial charge in [0.2, 0.25) is 5.91 Å². The fourth-order valence-corrected chi connectivity index (χ4v) is 4.30. The zero-order chi connectivity index (χ0) is 19.0. The maximum atomic E-state index is 12.8. The van der Waals surface area contributed by atoms with Crippen LogP contribution in [0, 0.1) is 11.8 Å². The molecule has 146 valence electrons. The Hall–Kier alpha value is -2.44. The molecule has 2 atom stereocenters. The normalized spacial score (nSPS) is 25.1. The van der Waals surface area contributed by atoms with Crippen molar-refractivity contribution in [3.05, 3.63) is 18.2 Å². The molecule has 0 aliphatic carbocycles. The first-order chi connectivity index (χ1) is 13.0. The predicted molar refractivity (Wildman–Crippen MR) is 101 cm³/mol. The van der Waals surface area contributed by atoms with Gasteiger partial charge in [-0.25, -0.2) is 4.79 Å². The van der Waals surface area contributed by atoms with Gasteiger partial charge in [-0.2, -0.15) is 0 Å². The highest BCUT2D eigenvalue weighted by Gasteiger charge is 2.34. The molecule has 0 N–H and O–H groups in total. The van der Waals surface area contributed by atoms with Crippen LogP contribution in [-0.4, -0.2) is 67.7 Å². The molecule has 3 aliphatic rings. The summed E-state index contributed by atoms with van der Waals surface area (Å²) < 4.78 is 11.1. The summed E-state index contributed by atoms with van der Waals surface area (Å²) in [5.74, 6) is 2.45. The fourth-order valence-electron chi connectivity index (χ4n) is 4.30. The van der Waals surface area contributed by atoms with Crippen molar-refractivity contribution in [3.8, 4) is 11.5 Å². The van der Waals surface area contributed by atoms with Gasteiger partial charge in [0.25, 0.3) is 0 Å². The van der Waals surface area contributed by atoms with Gasteiger partial charge in [0.1, 0.15) is 19.8 Å². The number of anilines is 1. The Bertz CT molecular complexity index is 728. The van der Waals surface area contributed by atoms with E-state index < -0.39 is 0 Å². The Balaban J connectivity index is 1.40. The minimum Gasteiger partial charge on any atom is -0.486 e. The molecule has 0 saturated carbocycles. The molecular formula is C20H27N3O4. The Morgan fingerprint density at radius 1 is 1.07 bits per heavy atom. The zero-order valence-corrected chi connectivity index (χ0v) is 16.0. The molecule has 7 nitrogen and oxygen atoms in total. The second-order valence-corrected chi connectivity index (χ2v) is 7.93. The second kappa shape index (κ2) is 7.29. The van der Waals surface area contributed by atoms with Crippen molar-refractivity contribution in [3.63, 3.8) is 0 Å². The van der Waals surface area contributed by atoms with Gasteiger partial charge in [-0.1, -0.05) is 13.8 Å². The average molecular weight is 373 g/mol. The van der Waals surface area contributed by atoms with Crippen LogP contribution in [-0.2, 0) is 4.79 Å². The van der Waals surface area contributed by atoms with Gasteiger partial charge >= 0.3 is 6.03 Å². The summed E-state index contributed by atoms with van der Waals surface area (Å²) in [7, 11) is 0. The van der Waals surface area contributed by atoms with E-state index in [1.165, 1.54) is 0 Å². The molecule has 0 radical (unpaired) electrons. The van der Waals surface area contributed by atoms with E-state index in [0.29, 0.717) is 49.6 Å². The third kappa shape index (κ3) is 3.68. The van der Waals surface area contributed by atoms with E-state index in [1.807, 2.05) is 23.1 Å². The highest BCUT2D eigenvalue weighted by atomic mass is 16.6. The fraction of sp³-hybridized carbons (Fsp3) is 0.600. The van der Waals surface area contributed by atoms with Gasteiger partial charge in [-0.3, -0.25) is 9.69 Å². The zero-order valence-electron chi connectivity index (χ0n) is 16.0. The molecule has 2 unspecified atom stereocenters. The molecule has 7 heteroatoms. The average Bonchev–Trinajstić information content (AvgIpc) is 3.01. The van der Waals surface area contributed by atoms with E-state index in [9.17, 15) is 9.59 Å².